The Balaban J connectivity index is 2.06. The van der Waals surface area contributed by atoms with Crippen molar-refractivity contribution in [2.75, 3.05) is 11.9 Å². The number of aromatic nitrogens is 3. The zero-order valence-corrected chi connectivity index (χ0v) is 11.8. The summed E-state index contributed by atoms with van der Waals surface area (Å²) in [5.41, 5.74) is 3.21. The molecule has 0 radical (unpaired) electrons. The van der Waals surface area contributed by atoms with Gasteiger partial charge < -0.3 is 10.1 Å². The summed E-state index contributed by atoms with van der Waals surface area (Å²) in [5.74, 6) is 0.651. The highest BCUT2D eigenvalue weighted by Crippen LogP contribution is 2.21. The average molecular weight is 260 g/mol. The number of hydrogen-bond donors (Lipinski definition) is 1. The van der Waals surface area contributed by atoms with E-state index >= 15 is 0 Å². The highest BCUT2D eigenvalue weighted by atomic mass is 16.5. The molecule has 0 fully saturated rings. The van der Waals surface area contributed by atoms with E-state index in [1.165, 1.54) is 5.56 Å². The fourth-order valence-electron chi connectivity index (χ4n) is 2.07. The molecular formula is C14H20N4O. The van der Waals surface area contributed by atoms with Crippen LogP contribution in [0.5, 0.6) is 5.88 Å². The van der Waals surface area contributed by atoms with E-state index in [4.69, 9.17) is 4.74 Å². The van der Waals surface area contributed by atoms with Crippen molar-refractivity contribution in [3.63, 3.8) is 0 Å². The third-order valence-corrected chi connectivity index (χ3v) is 2.93. The molecule has 0 amide bonds. The van der Waals surface area contributed by atoms with Crippen molar-refractivity contribution in [1.29, 1.82) is 0 Å². The molecular weight excluding hydrogens is 240 g/mol. The lowest BCUT2D eigenvalue weighted by Gasteiger charge is -2.14. The minimum Gasteiger partial charge on any atom is -0.478 e. The Morgan fingerprint density at radius 3 is 2.74 bits per heavy atom. The Hall–Kier alpha value is -2.04. The molecule has 1 N–H and O–H groups in total. The molecule has 102 valence electrons. The molecule has 2 rings (SSSR count). The average Bonchev–Trinajstić information content (AvgIpc) is 2.71. The maximum atomic E-state index is 5.32. The molecule has 0 aliphatic heterocycles. The van der Waals surface area contributed by atoms with Gasteiger partial charge in [-0.15, -0.1) is 0 Å². The van der Waals surface area contributed by atoms with Gasteiger partial charge in [0.15, 0.2) is 0 Å². The van der Waals surface area contributed by atoms with Gasteiger partial charge in [0.25, 0.3) is 0 Å². The molecule has 5 heteroatoms. The summed E-state index contributed by atoms with van der Waals surface area (Å²) in [4.78, 5) is 4.24. The van der Waals surface area contributed by atoms with Crippen LogP contribution in [0.3, 0.4) is 0 Å². The van der Waals surface area contributed by atoms with Crippen LogP contribution in [0.4, 0.5) is 5.69 Å². The lowest BCUT2D eigenvalue weighted by molar-refractivity contribution is 0.327. The smallest absolute Gasteiger partial charge is 0.213 e. The summed E-state index contributed by atoms with van der Waals surface area (Å²) < 4.78 is 7.15. The molecule has 0 aromatic carbocycles. The van der Waals surface area contributed by atoms with Gasteiger partial charge in [0, 0.05) is 24.9 Å². The summed E-state index contributed by atoms with van der Waals surface area (Å²) in [5, 5.41) is 7.76. The van der Waals surface area contributed by atoms with Crippen molar-refractivity contribution >= 4 is 5.69 Å². The summed E-state index contributed by atoms with van der Waals surface area (Å²) in [6, 6.07) is 4.03. The van der Waals surface area contributed by atoms with E-state index in [0.717, 1.165) is 11.4 Å². The first-order valence-corrected chi connectivity index (χ1v) is 6.45. The maximum Gasteiger partial charge on any atom is 0.213 e. The SMILES string of the molecule is CCOc1ccc(NC(C)c2cn(C)nc2C)cn1. The molecule has 5 nitrogen and oxygen atoms in total. The quantitative estimate of drug-likeness (QED) is 0.898. The van der Waals surface area contributed by atoms with Crippen molar-refractivity contribution in [2.45, 2.75) is 26.8 Å². The normalized spacial score (nSPS) is 12.2. The van der Waals surface area contributed by atoms with Crippen LogP contribution in [-0.2, 0) is 7.05 Å². The molecule has 2 aromatic rings. The third kappa shape index (κ3) is 3.24. The monoisotopic (exact) mass is 260 g/mol. The van der Waals surface area contributed by atoms with E-state index in [9.17, 15) is 0 Å². The van der Waals surface area contributed by atoms with E-state index < -0.39 is 0 Å². The van der Waals surface area contributed by atoms with Crippen LogP contribution in [0.25, 0.3) is 0 Å². The standard InChI is InChI=1S/C14H20N4O/c1-5-19-14-7-6-12(8-15-14)16-10(2)13-9-18(4)17-11(13)3/h6-10,16H,5H2,1-4H3. The second-order valence-electron chi connectivity index (χ2n) is 4.53. The van der Waals surface area contributed by atoms with E-state index in [1.54, 1.807) is 6.20 Å². The van der Waals surface area contributed by atoms with E-state index in [2.05, 4.69) is 22.3 Å². The third-order valence-electron chi connectivity index (χ3n) is 2.93. The Labute approximate surface area is 113 Å². The van der Waals surface area contributed by atoms with Gasteiger partial charge in [0.2, 0.25) is 5.88 Å². The van der Waals surface area contributed by atoms with Crippen molar-refractivity contribution in [1.82, 2.24) is 14.8 Å². The summed E-state index contributed by atoms with van der Waals surface area (Å²) >= 11 is 0. The van der Waals surface area contributed by atoms with Gasteiger partial charge in [-0.1, -0.05) is 0 Å². The van der Waals surface area contributed by atoms with Crippen molar-refractivity contribution in [2.24, 2.45) is 7.05 Å². The molecule has 0 aliphatic carbocycles. The highest BCUT2D eigenvalue weighted by Gasteiger charge is 2.11. The molecule has 0 bridgehead atoms. The lowest BCUT2D eigenvalue weighted by atomic mass is 10.1. The lowest BCUT2D eigenvalue weighted by Crippen LogP contribution is -2.07. The summed E-state index contributed by atoms with van der Waals surface area (Å²) in [6.07, 6.45) is 3.82. The molecule has 19 heavy (non-hydrogen) atoms. The fraction of sp³-hybridized carbons (Fsp3) is 0.429. The molecule has 2 aromatic heterocycles. The van der Waals surface area contributed by atoms with Gasteiger partial charge in [-0.25, -0.2) is 4.98 Å². The van der Waals surface area contributed by atoms with Gasteiger partial charge >= 0.3 is 0 Å². The van der Waals surface area contributed by atoms with Crippen LogP contribution in [-0.4, -0.2) is 21.4 Å². The van der Waals surface area contributed by atoms with Gasteiger partial charge in [0.05, 0.1) is 30.2 Å². The predicted molar refractivity (Wildman–Crippen MR) is 75.4 cm³/mol. The molecule has 0 aliphatic rings. The predicted octanol–water partition coefficient (Wildman–Crippen LogP) is 2.70. The molecule has 1 atom stereocenters. The van der Waals surface area contributed by atoms with E-state index in [-0.39, 0.29) is 6.04 Å². The minimum atomic E-state index is 0.188. The number of aryl methyl sites for hydroxylation is 2. The Kier molecular flexibility index (Phi) is 4.04. The zero-order valence-electron chi connectivity index (χ0n) is 11.8. The van der Waals surface area contributed by atoms with Crippen LogP contribution in [0.15, 0.2) is 24.5 Å². The van der Waals surface area contributed by atoms with E-state index in [0.29, 0.717) is 12.5 Å². The highest BCUT2D eigenvalue weighted by molar-refractivity contribution is 5.44. The number of pyridine rings is 1. The van der Waals surface area contributed by atoms with Crippen LogP contribution >= 0.6 is 0 Å². The molecule has 2 heterocycles. The number of rotatable bonds is 5. The van der Waals surface area contributed by atoms with E-state index in [1.807, 2.05) is 43.9 Å². The van der Waals surface area contributed by atoms with Crippen molar-refractivity contribution < 1.29 is 4.74 Å². The van der Waals surface area contributed by atoms with Crippen LogP contribution < -0.4 is 10.1 Å². The largest absolute Gasteiger partial charge is 0.478 e. The maximum absolute atomic E-state index is 5.32. The topological polar surface area (TPSA) is 52.0 Å². The van der Waals surface area contributed by atoms with Gasteiger partial charge in [0.1, 0.15) is 0 Å². The van der Waals surface area contributed by atoms with Crippen LogP contribution in [0.1, 0.15) is 31.1 Å². The molecule has 0 spiro atoms. The second-order valence-corrected chi connectivity index (χ2v) is 4.53. The Bertz CT molecular complexity index is 533. The Morgan fingerprint density at radius 1 is 1.42 bits per heavy atom. The molecule has 0 saturated heterocycles. The molecule has 0 saturated carbocycles. The van der Waals surface area contributed by atoms with Crippen molar-refractivity contribution in [3.8, 4) is 5.88 Å². The summed E-state index contributed by atoms with van der Waals surface area (Å²) in [6.45, 7) is 6.70. The van der Waals surface area contributed by atoms with Crippen molar-refractivity contribution in [3.05, 3.63) is 35.8 Å². The zero-order chi connectivity index (χ0) is 13.8. The van der Waals surface area contributed by atoms with Gasteiger partial charge in [-0.3, -0.25) is 4.68 Å². The van der Waals surface area contributed by atoms with Gasteiger partial charge in [-0.2, -0.15) is 5.10 Å². The summed E-state index contributed by atoms with van der Waals surface area (Å²) in [7, 11) is 1.93. The first kappa shape index (κ1) is 13.4. The number of ether oxygens (including phenoxy) is 1. The minimum absolute atomic E-state index is 0.188. The molecule has 1 unspecified atom stereocenters. The Morgan fingerprint density at radius 2 is 2.21 bits per heavy atom. The first-order valence-electron chi connectivity index (χ1n) is 6.45. The number of hydrogen-bond acceptors (Lipinski definition) is 4. The van der Waals surface area contributed by atoms with Crippen LogP contribution in [0, 0.1) is 6.92 Å². The number of anilines is 1. The number of nitrogens with one attached hydrogen (secondary N) is 1. The number of nitrogens with zero attached hydrogens (tertiary/aromatic N) is 3. The first-order chi connectivity index (χ1) is 9.10. The van der Waals surface area contributed by atoms with Gasteiger partial charge in [-0.05, 0) is 26.8 Å². The van der Waals surface area contributed by atoms with Crippen LogP contribution in [0.2, 0.25) is 0 Å². The second kappa shape index (κ2) is 5.73. The fourth-order valence-corrected chi connectivity index (χ4v) is 2.07.